The van der Waals surface area contributed by atoms with Gasteiger partial charge in [-0.15, -0.1) is 0 Å². The van der Waals surface area contributed by atoms with Crippen LogP contribution in [0.25, 0.3) is 0 Å². The lowest BCUT2D eigenvalue weighted by atomic mass is 10.1. The zero-order valence-electron chi connectivity index (χ0n) is 7.46. The Labute approximate surface area is 81.6 Å². The minimum absolute atomic E-state index is 0.398. The van der Waals surface area contributed by atoms with Crippen molar-refractivity contribution in [3.8, 4) is 0 Å². The molecule has 0 bridgehead atoms. The molecule has 0 unspecified atom stereocenters. The fourth-order valence-corrected chi connectivity index (χ4v) is 1.40. The van der Waals surface area contributed by atoms with Gasteiger partial charge in [-0.1, -0.05) is 30.3 Å². The zero-order chi connectivity index (χ0) is 9.97. The first kappa shape index (κ1) is 8.97. The van der Waals surface area contributed by atoms with Gasteiger partial charge in [0.15, 0.2) is 6.10 Å². The molecule has 1 aromatic carbocycles. The Morgan fingerprint density at radius 1 is 1.29 bits per heavy atom. The van der Waals surface area contributed by atoms with Gasteiger partial charge in [0.2, 0.25) is 0 Å². The van der Waals surface area contributed by atoms with Crippen LogP contribution < -0.4 is 0 Å². The molecule has 0 aromatic heterocycles. The summed E-state index contributed by atoms with van der Waals surface area (Å²) in [6, 6.07) is 9.13. The Morgan fingerprint density at radius 2 is 2.00 bits per heavy atom. The number of benzene rings is 1. The summed E-state index contributed by atoms with van der Waals surface area (Å²) in [5, 5.41) is 9.81. The topological polar surface area (TPSA) is 46.5 Å². The van der Waals surface area contributed by atoms with Gasteiger partial charge in [0.05, 0.1) is 0 Å². The summed E-state index contributed by atoms with van der Waals surface area (Å²) in [7, 11) is 0. The first-order chi connectivity index (χ1) is 6.77. The third-order valence-electron chi connectivity index (χ3n) is 2.13. The Bertz CT molecular complexity index is 356. The summed E-state index contributed by atoms with van der Waals surface area (Å²) in [6.45, 7) is 0. The SMILES string of the molecule is O=C1C=C[C@@H]([C@@H](O)c2ccccc2)O1. The lowest BCUT2D eigenvalue weighted by Crippen LogP contribution is -2.17. The highest BCUT2D eigenvalue weighted by Crippen LogP contribution is 2.22. The van der Waals surface area contributed by atoms with Crippen molar-refractivity contribution in [1.82, 2.24) is 0 Å². The second-order valence-electron chi connectivity index (χ2n) is 3.12. The second kappa shape index (κ2) is 3.64. The van der Waals surface area contributed by atoms with Crippen molar-refractivity contribution in [3.05, 3.63) is 48.0 Å². The van der Waals surface area contributed by atoms with E-state index in [4.69, 9.17) is 4.74 Å². The van der Waals surface area contributed by atoms with E-state index in [1.165, 1.54) is 6.08 Å². The van der Waals surface area contributed by atoms with Crippen molar-refractivity contribution in [1.29, 1.82) is 0 Å². The first-order valence-electron chi connectivity index (χ1n) is 4.39. The molecule has 1 N–H and O–H groups in total. The molecule has 1 aliphatic rings. The van der Waals surface area contributed by atoms with E-state index in [0.717, 1.165) is 5.56 Å². The van der Waals surface area contributed by atoms with E-state index in [9.17, 15) is 9.90 Å². The molecular weight excluding hydrogens is 180 g/mol. The van der Waals surface area contributed by atoms with E-state index in [0.29, 0.717) is 0 Å². The second-order valence-corrected chi connectivity index (χ2v) is 3.12. The number of ether oxygens (including phenoxy) is 1. The highest BCUT2D eigenvalue weighted by atomic mass is 16.6. The van der Waals surface area contributed by atoms with E-state index < -0.39 is 18.2 Å². The predicted octanol–water partition coefficient (Wildman–Crippen LogP) is 1.20. The normalized spacial score (nSPS) is 22.1. The Morgan fingerprint density at radius 3 is 2.57 bits per heavy atom. The molecule has 0 spiro atoms. The van der Waals surface area contributed by atoms with Crippen molar-refractivity contribution >= 4 is 5.97 Å². The fraction of sp³-hybridized carbons (Fsp3) is 0.182. The van der Waals surface area contributed by atoms with Gasteiger partial charge >= 0.3 is 5.97 Å². The molecule has 72 valence electrons. The summed E-state index contributed by atoms with van der Waals surface area (Å²) < 4.78 is 4.88. The minimum Gasteiger partial charge on any atom is -0.452 e. The van der Waals surface area contributed by atoms with Crippen LogP contribution in [0.3, 0.4) is 0 Å². The summed E-state index contributed by atoms with van der Waals surface area (Å²) >= 11 is 0. The van der Waals surface area contributed by atoms with Crippen LogP contribution in [0.1, 0.15) is 11.7 Å². The third kappa shape index (κ3) is 1.67. The maximum Gasteiger partial charge on any atom is 0.331 e. The van der Waals surface area contributed by atoms with E-state index in [1.807, 2.05) is 18.2 Å². The average molecular weight is 190 g/mol. The molecule has 0 radical (unpaired) electrons. The molecular formula is C11H10O3. The summed E-state index contributed by atoms with van der Waals surface area (Å²) in [6.07, 6.45) is 1.57. The quantitative estimate of drug-likeness (QED) is 0.713. The molecule has 0 aliphatic carbocycles. The number of hydrogen-bond donors (Lipinski definition) is 1. The average Bonchev–Trinajstić information content (AvgIpc) is 2.65. The number of carbonyl (C=O) groups is 1. The van der Waals surface area contributed by atoms with Gasteiger partial charge in [-0.2, -0.15) is 0 Å². The maximum absolute atomic E-state index is 10.8. The van der Waals surface area contributed by atoms with Crippen molar-refractivity contribution in [2.75, 3.05) is 0 Å². The highest BCUT2D eigenvalue weighted by Gasteiger charge is 2.25. The third-order valence-corrected chi connectivity index (χ3v) is 2.13. The molecule has 2 rings (SSSR count). The van der Waals surface area contributed by atoms with Crippen LogP contribution in [0, 0.1) is 0 Å². The molecule has 1 heterocycles. The van der Waals surface area contributed by atoms with Crippen LogP contribution in [0.2, 0.25) is 0 Å². The number of esters is 1. The minimum atomic E-state index is -0.779. The molecule has 0 fully saturated rings. The van der Waals surface area contributed by atoms with Gasteiger partial charge in [0.25, 0.3) is 0 Å². The summed E-state index contributed by atoms with van der Waals surface area (Å²) in [4.78, 5) is 10.8. The Hall–Kier alpha value is -1.61. The molecule has 0 amide bonds. The predicted molar refractivity (Wildman–Crippen MR) is 50.4 cm³/mol. The summed E-state index contributed by atoms with van der Waals surface area (Å²) in [5.41, 5.74) is 0.747. The molecule has 3 nitrogen and oxygen atoms in total. The number of hydrogen-bond acceptors (Lipinski definition) is 3. The van der Waals surface area contributed by atoms with Gasteiger partial charge in [0.1, 0.15) is 6.10 Å². The molecule has 14 heavy (non-hydrogen) atoms. The monoisotopic (exact) mass is 190 g/mol. The van der Waals surface area contributed by atoms with E-state index in [2.05, 4.69) is 0 Å². The zero-order valence-corrected chi connectivity index (χ0v) is 7.46. The van der Waals surface area contributed by atoms with Crippen LogP contribution in [-0.2, 0) is 9.53 Å². The van der Waals surface area contributed by atoms with Crippen molar-refractivity contribution in [2.45, 2.75) is 12.2 Å². The number of rotatable bonds is 2. The maximum atomic E-state index is 10.8. The lowest BCUT2D eigenvalue weighted by molar-refractivity contribution is -0.142. The molecule has 1 aromatic rings. The molecule has 0 saturated carbocycles. The smallest absolute Gasteiger partial charge is 0.331 e. The number of aliphatic hydroxyl groups is 1. The lowest BCUT2D eigenvalue weighted by Gasteiger charge is -2.16. The van der Waals surface area contributed by atoms with Crippen LogP contribution in [0.5, 0.6) is 0 Å². The van der Waals surface area contributed by atoms with Gasteiger partial charge in [-0.25, -0.2) is 4.79 Å². The van der Waals surface area contributed by atoms with Gasteiger partial charge in [0, 0.05) is 6.08 Å². The van der Waals surface area contributed by atoms with Crippen LogP contribution >= 0.6 is 0 Å². The molecule has 2 atom stereocenters. The molecule has 3 heteroatoms. The number of carbonyl (C=O) groups excluding carboxylic acids is 1. The summed E-state index contributed by atoms with van der Waals surface area (Å²) in [5.74, 6) is -0.398. The van der Waals surface area contributed by atoms with E-state index in [-0.39, 0.29) is 0 Å². The number of cyclic esters (lactones) is 1. The van der Waals surface area contributed by atoms with Crippen molar-refractivity contribution < 1.29 is 14.6 Å². The number of aliphatic hydroxyl groups excluding tert-OH is 1. The standard InChI is InChI=1S/C11H10O3/c12-10-7-6-9(14-10)11(13)8-4-2-1-3-5-8/h1-7,9,11,13H/t9-,11-/m0/s1. The Kier molecular flexibility index (Phi) is 2.33. The molecule has 0 saturated heterocycles. The van der Waals surface area contributed by atoms with E-state index in [1.54, 1.807) is 18.2 Å². The van der Waals surface area contributed by atoms with E-state index >= 15 is 0 Å². The van der Waals surface area contributed by atoms with Crippen molar-refractivity contribution in [3.63, 3.8) is 0 Å². The largest absolute Gasteiger partial charge is 0.452 e. The van der Waals surface area contributed by atoms with Crippen LogP contribution in [-0.4, -0.2) is 17.2 Å². The van der Waals surface area contributed by atoms with Gasteiger partial charge < -0.3 is 9.84 Å². The first-order valence-corrected chi connectivity index (χ1v) is 4.39. The highest BCUT2D eigenvalue weighted by molar-refractivity contribution is 5.84. The van der Waals surface area contributed by atoms with Crippen molar-refractivity contribution in [2.24, 2.45) is 0 Å². The molecule has 1 aliphatic heterocycles. The van der Waals surface area contributed by atoms with Crippen LogP contribution in [0.4, 0.5) is 0 Å². The van der Waals surface area contributed by atoms with Gasteiger partial charge in [-0.3, -0.25) is 0 Å². The van der Waals surface area contributed by atoms with Gasteiger partial charge in [-0.05, 0) is 11.6 Å². The Balaban J connectivity index is 2.13. The van der Waals surface area contributed by atoms with Crippen LogP contribution in [0.15, 0.2) is 42.5 Å². The fourth-order valence-electron chi connectivity index (χ4n) is 1.40.